The van der Waals surface area contributed by atoms with Crippen LogP contribution in [0.3, 0.4) is 0 Å². The summed E-state index contributed by atoms with van der Waals surface area (Å²) in [5.74, 6) is -0.702. The van der Waals surface area contributed by atoms with Gasteiger partial charge in [0.05, 0.1) is 10.4 Å². The number of unbranched alkanes of at least 4 members (excludes halogenated alkanes) is 1. The van der Waals surface area contributed by atoms with E-state index in [1.807, 2.05) is 6.92 Å². The van der Waals surface area contributed by atoms with E-state index in [1.165, 1.54) is 36.5 Å². The maximum Gasteiger partial charge on any atom is 0.268 e. The number of nitrogens with zero attached hydrogens (tertiary/aromatic N) is 1. The molecule has 0 saturated carbocycles. The molecule has 1 aromatic heterocycles. The molecule has 0 unspecified atom stereocenters. The van der Waals surface area contributed by atoms with Gasteiger partial charge in [-0.2, -0.15) is 0 Å². The molecule has 0 amide bonds. The van der Waals surface area contributed by atoms with Crippen LogP contribution in [0.1, 0.15) is 35.2 Å². The molecule has 0 spiro atoms. The summed E-state index contributed by atoms with van der Waals surface area (Å²) in [6, 6.07) is 10.3. The van der Waals surface area contributed by atoms with Gasteiger partial charge < -0.3 is 0 Å². The number of benzene rings is 2. The van der Waals surface area contributed by atoms with Crippen LogP contribution in [-0.2, 0) is 10.0 Å². The average Bonchev–Trinajstić information content (AvgIpc) is 3.01. The number of hydrogen-bond acceptors (Lipinski definition) is 3. The molecule has 0 atom stereocenters. The van der Waals surface area contributed by atoms with Gasteiger partial charge in [-0.05, 0) is 50.1 Å². The number of ketones is 1. The fourth-order valence-electron chi connectivity index (χ4n) is 2.93. The van der Waals surface area contributed by atoms with Crippen LogP contribution in [0.5, 0.6) is 0 Å². The van der Waals surface area contributed by atoms with Crippen molar-refractivity contribution in [3.63, 3.8) is 0 Å². The summed E-state index contributed by atoms with van der Waals surface area (Å²) in [6.45, 7) is 1.87. The van der Waals surface area contributed by atoms with Crippen molar-refractivity contribution in [3.8, 4) is 0 Å². The summed E-state index contributed by atoms with van der Waals surface area (Å²) < 4.78 is 41.0. The molecule has 0 aliphatic carbocycles. The Morgan fingerprint density at radius 2 is 1.81 bits per heavy atom. The van der Waals surface area contributed by atoms with Gasteiger partial charge in [0, 0.05) is 28.9 Å². The molecule has 2 aromatic carbocycles. The molecule has 0 bridgehead atoms. The Bertz CT molecular complexity index is 1090. The standard InChI is InChI=1S/C20H19BrFNO3S/c1-14-5-8-16(9-6-14)27(25,26)23-13-18(20(24)4-2-3-11-21)17-12-15(22)7-10-19(17)23/h5-10,12-13H,2-4,11H2,1H3. The molecule has 0 saturated heterocycles. The Morgan fingerprint density at radius 3 is 2.48 bits per heavy atom. The van der Waals surface area contributed by atoms with Crippen molar-refractivity contribution in [2.24, 2.45) is 0 Å². The topological polar surface area (TPSA) is 56.1 Å². The Kier molecular flexibility index (Phi) is 5.81. The highest BCUT2D eigenvalue weighted by atomic mass is 79.9. The smallest absolute Gasteiger partial charge is 0.268 e. The minimum Gasteiger partial charge on any atom is -0.294 e. The number of carbonyl (C=O) groups is 1. The number of halogens is 2. The number of fused-ring (bicyclic) bond motifs is 1. The first-order valence-corrected chi connectivity index (χ1v) is 11.1. The molecule has 27 heavy (non-hydrogen) atoms. The van der Waals surface area contributed by atoms with E-state index in [0.29, 0.717) is 17.3 Å². The second-order valence-corrected chi connectivity index (χ2v) is 9.00. The van der Waals surface area contributed by atoms with E-state index in [2.05, 4.69) is 15.9 Å². The van der Waals surface area contributed by atoms with Gasteiger partial charge in [-0.1, -0.05) is 33.6 Å². The van der Waals surface area contributed by atoms with Gasteiger partial charge >= 0.3 is 0 Å². The van der Waals surface area contributed by atoms with E-state index < -0.39 is 15.8 Å². The fraction of sp³-hybridized carbons (Fsp3) is 0.250. The van der Waals surface area contributed by atoms with Crippen molar-refractivity contribution in [2.45, 2.75) is 31.1 Å². The van der Waals surface area contributed by atoms with Crippen LogP contribution in [0.25, 0.3) is 10.9 Å². The fourth-order valence-corrected chi connectivity index (χ4v) is 4.70. The van der Waals surface area contributed by atoms with E-state index in [4.69, 9.17) is 0 Å². The lowest BCUT2D eigenvalue weighted by Crippen LogP contribution is -2.12. The molecular weight excluding hydrogens is 433 g/mol. The van der Waals surface area contributed by atoms with Gasteiger partial charge in [0.25, 0.3) is 10.0 Å². The zero-order valence-corrected chi connectivity index (χ0v) is 17.2. The normalized spacial score (nSPS) is 11.8. The van der Waals surface area contributed by atoms with Crippen molar-refractivity contribution in [1.29, 1.82) is 0 Å². The van der Waals surface area contributed by atoms with Gasteiger partial charge in [-0.3, -0.25) is 4.79 Å². The predicted molar refractivity (Wildman–Crippen MR) is 108 cm³/mol. The molecule has 0 N–H and O–H groups in total. The van der Waals surface area contributed by atoms with Crippen molar-refractivity contribution in [2.75, 3.05) is 5.33 Å². The second kappa shape index (κ2) is 7.94. The van der Waals surface area contributed by atoms with Crippen molar-refractivity contribution >= 4 is 42.6 Å². The first kappa shape index (κ1) is 19.8. The number of aryl methyl sites for hydroxylation is 1. The number of alkyl halides is 1. The quantitative estimate of drug-likeness (QED) is 0.286. The molecule has 0 fully saturated rings. The lowest BCUT2D eigenvalue weighted by molar-refractivity contribution is 0.0981. The summed E-state index contributed by atoms with van der Waals surface area (Å²) in [6.07, 6.45) is 3.11. The highest BCUT2D eigenvalue weighted by Crippen LogP contribution is 2.28. The average molecular weight is 452 g/mol. The highest BCUT2D eigenvalue weighted by molar-refractivity contribution is 9.09. The number of carbonyl (C=O) groups excluding carboxylic acids is 1. The van der Waals surface area contributed by atoms with Crippen LogP contribution in [0.2, 0.25) is 0 Å². The number of aromatic nitrogens is 1. The van der Waals surface area contributed by atoms with Crippen LogP contribution in [0.4, 0.5) is 4.39 Å². The minimum absolute atomic E-state index is 0.118. The van der Waals surface area contributed by atoms with Crippen LogP contribution in [-0.4, -0.2) is 23.5 Å². The van der Waals surface area contributed by atoms with Crippen LogP contribution >= 0.6 is 15.9 Å². The van der Waals surface area contributed by atoms with Crippen LogP contribution in [0, 0.1) is 12.7 Å². The van der Waals surface area contributed by atoms with Crippen LogP contribution in [0.15, 0.2) is 53.6 Å². The summed E-state index contributed by atoms with van der Waals surface area (Å²) in [4.78, 5) is 12.7. The third kappa shape index (κ3) is 3.99. The zero-order valence-electron chi connectivity index (χ0n) is 14.8. The molecule has 0 aliphatic rings. The Balaban J connectivity index is 2.13. The van der Waals surface area contributed by atoms with Gasteiger partial charge in [0.1, 0.15) is 5.82 Å². The van der Waals surface area contributed by atoms with E-state index in [1.54, 1.807) is 12.1 Å². The van der Waals surface area contributed by atoms with E-state index in [-0.39, 0.29) is 22.7 Å². The SMILES string of the molecule is Cc1ccc(S(=O)(=O)n2cc(C(=O)CCCCBr)c3cc(F)ccc32)cc1. The largest absolute Gasteiger partial charge is 0.294 e. The Labute approximate surface area is 166 Å². The molecule has 1 heterocycles. The van der Waals surface area contributed by atoms with Gasteiger partial charge in [-0.25, -0.2) is 16.8 Å². The van der Waals surface area contributed by atoms with E-state index >= 15 is 0 Å². The first-order chi connectivity index (χ1) is 12.8. The number of rotatable bonds is 7. The number of Topliss-reactive ketones (excluding diaryl/α,β-unsaturated/α-hetero) is 1. The lowest BCUT2D eigenvalue weighted by atomic mass is 10.0. The van der Waals surface area contributed by atoms with E-state index in [9.17, 15) is 17.6 Å². The molecule has 4 nitrogen and oxygen atoms in total. The second-order valence-electron chi connectivity index (χ2n) is 6.39. The lowest BCUT2D eigenvalue weighted by Gasteiger charge is -2.07. The molecule has 142 valence electrons. The van der Waals surface area contributed by atoms with Crippen LogP contribution < -0.4 is 0 Å². The van der Waals surface area contributed by atoms with Gasteiger partial charge in [-0.15, -0.1) is 0 Å². The van der Waals surface area contributed by atoms with E-state index in [0.717, 1.165) is 21.3 Å². The summed E-state index contributed by atoms with van der Waals surface area (Å²) >= 11 is 3.32. The van der Waals surface area contributed by atoms with Gasteiger partial charge in [0.2, 0.25) is 0 Å². The maximum atomic E-state index is 13.8. The van der Waals surface area contributed by atoms with Crippen molar-refractivity contribution in [3.05, 3.63) is 65.6 Å². The number of hydrogen-bond donors (Lipinski definition) is 0. The summed E-state index contributed by atoms with van der Waals surface area (Å²) in [5.41, 5.74) is 1.46. The molecule has 3 rings (SSSR count). The van der Waals surface area contributed by atoms with Crippen molar-refractivity contribution < 1.29 is 17.6 Å². The zero-order chi connectivity index (χ0) is 19.6. The Morgan fingerprint density at radius 1 is 1.11 bits per heavy atom. The molecule has 7 heteroatoms. The third-order valence-corrected chi connectivity index (χ3v) is 6.65. The van der Waals surface area contributed by atoms with Crippen molar-refractivity contribution in [1.82, 2.24) is 3.97 Å². The highest BCUT2D eigenvalue weighted by Gasteiger charge is 2.23. The predicted octanol–water partition coefficient (Wildman–Crippen LogP) is 5.07. The monoisotopic (exact) mass is 451 g/mol. The maximum absolute atomic E-state index is 13.8. The summed E-state index contributed by atoms with van der Waals surface area (Å²) in [7, 11) is -3.90. The van der Waals surface area contributed by atoms with Gasteiger partial charge in [0.15, 0.2) is 5.78 Å². The molecular formula is C20H19BrFNO3S. The first-order valence-electron chi connectivity index (χ1n) is 8.56. The minimum atomic E-state index is -3.90. The molecule has 3 aromatic rings. The third-order valence-electron chi connectivity index (χ3n) is 4.40. The summed E-state index contributed by atoms with van der Waals surface area (Å²) in [5, 5.41) is 1.10. The Hall–Kier alpha value is -1.99. The molecule has 0 aliphatic heterocycles. The molecule has 0 radical (unpaired) electrons.